The highest BCUT2D eigenvalue weighted by molar-refractivity contribution is 6.31. The molecule has 0 saturated heterocycles. The van der Waals surface area contributed by atoms with E-state index >= 15 is 0 Å². The van der Waals surface area contributed by atoms with E-state index in [1.165, 1.54) is 0 Å². The monoisotopic (exact) mass is 270 g/mol. The summed E-state index contributed by atoms with van der Waals surface area (Å²) in [6.07, 6.45) is 3.46. The van der Waals surface area contributed by atoms with Crippen LogP contribution in [-0.2, 0) is 0 Å². The quantitative estimate of drug-likeness (QED) is 0.665. The molecule has 0 fully saturated rings. The van der Waals surface area contributed by atoms with Gasteiger partial charge in [0.2, 0.25) is 0 Å². The average molecular weight is 271 g/mol. The fourth-order valence-electron chi connectivity index (χ4n) is 0.985. The maximum atomic E-state index is 10.3. The van der Waals surface area contributed by atoms with Crippen molar-refractivity contribution in [3.63, 3.8) is 0 Å². The molecule has 18 heavy (non-hydrogen) atoms. The molecule has 2 aromatic rings. The molecular formula is C9H7ClN4O4. The van der Waals surface area contributed by atoms with Crippen molar-refractivity contribution in [3.05, 3.63) is 61.9 Å². The van der Waals surface area contributed by atoms with Gasteiger partial charge in [0.25, 0.3) is 11.4 Å². The molecule has 0 aliphatic heterocycles. The van der Waals surface area contributed by atoms with E-state index in [1.54, 1.807) is 12.4 Å². The Morgan fingerprint density at radius 1 is 1.11 bits per heavy atom. The van der Waals surface area contributed by atoms with Crippen LogP contribution in [0.2, 0.25) is 5.02 Å². The van der Waals surface area contributed by atoms with Crippen LogP contribution in [0.3, 0.4) is 0 Å². The first-order valence-corrected chi connectivity index (χ1v) is 4.91. The van der Waals surface area contributed by atoms with Crippen LogP contribution in [0, 0.1) is 20.2 Å². The van der Waals surface area contributed by atoms with Gasteiger partial charge in [-0.15, -0.1) is 0 Å². The molecule has 0 atom stereocenters. The minimum absolute atomic E-state index is 0.0269. The van der Waals surface area contributed by atoms with Gasteiger partial charge in [-0.3, -0.25) is 25.3 Å². The lowest BCUT2D eigenvalue weighted by molar-refractivity contribution is -0.394. The Morgan fingerprint density at radius 3 is 1.94 bits per heavy atom. The summed E-state index contributed by atoms with van der Waals surface area (Å²) in [6.45, 7) is 0. The third-order valence-electron chi connectivity index (χ3n) is 1.69. The van der Waals surface area contributed by atoms with Gasteiger partial charge in [0.05, 0.1) is 20.9 Å². The van der Waals surface area contributed by atoms with Gasteiger partial charge in [0, 0.05) is 24.5 Å². The first kappa shape index (κ1) is 13.6. The second-order valence-corrected chi connectivity index (χ2v) is 3.38. The van der Waals surface area contributed by atoms with Crippen LogP contribution in [0.4, 0.5) is 11.4 Å². The van der Waals surface area contributed by atoms with Gasteiger partial charge in [-0.1, -0.05) is 11.6 Å². The number of hydrogen-bond acceptors (Lipinski definition) is 5. The van der Waals surface area contributed by atoms with E-state index in [1.807, 2.05) is 6.07 Å². The van der Waals surface area contributed by atoms with Crippen molar-refractivity contribution >= 4 is 23.0 Å². The van der Waals surface area contributed by atoms with Gasteiger partial charge < -0.3 is 0 Å². The molecule has 0 radical (unpaired) electrons. The Hall–Kier alpha value is -2.48. The number of hydrogen-bond donors (Lipinski definition) is 1. The number of nitrogens with one attached hydrogen (secondary N) is 1. The molecule has 0 aliphatic carbocycles. The van der Waals surface area contributed by atoms with E-state index in [2.05, 4.69) is 10.2 Å². The zero-order valence-corrected chi connectivity index (χ0v) is 9.57. The Kier molecular flexibility index (Phi) is 4.76. The number of aromatic nitrogens is 2. The van der Waals surface area contributed by atoms with Crippen LogP contribution < -0.4 is 0 Å². The molecule has 9 heteroatoms. The zero-order chi connectivity index (χ0) is 13.5. The molecule has 0 aliphatic rings. The summed E-state index contributed by atoms with van der Waals surface area (Å²) in [4.78, 5) is 19.0. The summed E-state index contributed by atoms with van der Waals surface area (Å²) in [7, 11) is 0. The highest BCUT2D eigenvalue weighted by Gasteiger charge is 2.15. The minimum Gasteiger partial charge on any atom is -0.286 e. The number of nitrogens with zero attached hydrogens (tertiary/aromatic N) is 3. The number of rotatable bonds is 2. The standard InChI is InChI=1S/C6H3ClN2O4.C3H4N2/c7-4-1-5(8(10)11)3-6(2-4)9(12)13;1-2-4-5-3-1/h1-3H;1-3H,(H,4,5). The number of non-ortho nitro benzene ring substituents is 2. The van der Waals surface area contributed by atoms with Crippen LogP contribution in [0.15, 0.2) is 36.7 Å². The van der Waals surface area contributed by atoms with Crippen molar-refractivity contribution < 1.29 is 9.85 Å². The SMILES string of the molecule is O=[N+]([O-])c1cc(Cl)cc([N+](=O)[O-])c1.c1cn[nH]c1. The normalized spacial score (nSPS) is 9.17. The van der Waals surface area contributed by atoms with Crippen LogP contribution in [0.25, 0.3) is 0 Å². The Morgan fingerprint density at radius 2 is 1.67 bits per heavy atom. The lowest BCUT2D eigenvalue weighted by Crippen LogP contribution is -1.92. The van der Waals surface area contributed by atoms with E-state index in [0.29, 0.717) is 0 Å². The number of benzene rings is 1. The van der Waals surface area contributed by atoms with Gasteiger partial charge in [-0.2, -0.15) is 5.10 Å². The van der Waals surface area contributed by atoms with Crippen molar-refractivity contribution in [1.82, 2.24) is 10.2 Å². The first-order valence-electron chi connectivity index (χ1n) is 4.54. The first-order chi connectivity index (χ1) is 8.50. The summed E-state index contributed by atoms with van der Waals surface area (Å²) in [5.74, 6) is 0. The van der Waals surface area contributed by atoms with E-state index < -0.39 is 9.85 Å². The summed E-state index contributed by atoms with van der Waals surface area (Å²) >= 11 is 5.43. The molecule has 0 bridgehead atoms. The predicted molar refractivity (Wildman–Crippen MR) is 63.3 cm³/mol. The topological polar surface area (TPSA) is 115 Å². The van der Waals surface area contributed by atoms with Crippen molar-refractivity contribution in [2.75, 3.05) is 0 Å². The van der Waals surface area contributed by atoms with Crippen LogP contribution in [-0.4, -0.2) is 20.0 Å². The molecule has 1 aromatic carbocycles. The number of halogens is 1. The molecule has 94 valence electrons. The third-order valence-corrected chi connectivity index (χ3v) is 1.91. The van der Waals surface area contributed by atoms with Gasteiger partial charge >= 0.3 is 0 Å². The van der Waals surface area contributed by atoms with Crippen LogP contribution >= 0.6 is 11.6 Å². The van der Waals surface area contributed by atoms with E-state index in [-0.39, 0.29) is 16.4 Å². The van der Waals surface area contributed by atoms with Gasteiger partial charge in [0.15, 0.2) is 0 Å². The average Bonchev–Trinajstić information content (AvgIpc) is 2.86. The van der Waals surface area contributed by atoms with Gasteiger partial charge in [-0.25, -0.2) is 0 Å². The maximum Gasteiger partial charge on any atom is 0.277 e. The molecule has 1 N–H and O–H groups in total. The zero-order valence-electron chi connectivity index (χ0n) is 8.82. The molecule has 0 amide bonds. The van der Waals surface area contributed by atoms with E-state index in [4.69, 9.17) is 11.6 Å². The fourth-order valence-corrected chi connectivity index (χ4v) is 1.21. The Labute approximate surface area is 106 Å². The highest BCUT2D eigenvalue weighted by Crippen LogP contribution is 2.25. The van der Waals surface area contributed by atoms with Gasteiger partial charge in [0.1, 0.15) is 0 Å². The molecule has 0 saturated carbocycles. The van der Waals surface area contributed by atoms with E-state index in [9.17, 15) is 20.2 Å². The summed E-state index contributed by atoms with van der Waals surface area (Å²) in [5.41, 5.74) is -0.779. The number of aromatic amines is 1. The summed E-state index contributed by atoms with van der Waals surface area (Å²) in [6, 6.07) is 4.79. The number of H-pyrrole nitrogens is 1. The Balaban J connectivity index is 0.000000269. The molecule has 0 unspecified atom stereocenters. The molecular weight excluding hydrogens is 264 g/mol. The number of nitro groups is 2. The lowest BCUT2D eigenvalue weighted by Gasteiger charge is -1.93. The second kappa shape index (κ2) is 6.30. The summed E-state index contributed by atoms with van der Waals surface area (Å²) in [5, 5.41) is 26.7. The lowest BCUT2D eigenvalue weighted by atomic mass is 10.3. The molecule has 2 rings (SSSR count). The molecule has 1 aromatic heterocycles. The van der Waals surface area contributed by atoms with Crippen molar-refractivity contribution in [2.24, 2.45) is 0 Å². The number of nitro benzene ring substituents is 2. The largest absolute Gasteiger partial charge is 0.286 e. The van der Waals surface area contributed by atoms with Crippen LogP contribution in [0.5, 0.6) is 0 Å². The fraction of sp³-hybridized carbons (Fsp3) is 0. The van der Waals surface area contributed by atoms with Gasteiger partial charge in [-0.05, 0) is 6.07 Å². The van der Waals surface area contributed by atoms with Crippen LogP contribution in [0.1, 0.15) is 0 Å². The maximum absolute atomic E-state index is 10.3. The van der Waals surface area contributed by atoms with Crippen molar-refractivity contribution in [3.8, 4) is 0 Å². The molecule has 1 heterocycles. The molecule has 0 spiro atoms. The predicted octanol–water partition coefficient (Wildman–Crippen LogP) is 2.57. The second-order valence-electron chi connectivity index (χ2n) is 2.95. The minimum atomic E-state index is -0.737. The highest BCUT2D eigenvalue weighted by atomic mass is 35.5. The third kappa shape index (κ3) is 4.18. The van der Waals surface area contributed by atoms with Crippen molar-refractivity contribution in [2.45, 2.75) is 0 Å². The van der Waals surface area contributed by atoms with E-state index in [0.717, 1.165) is 18.2 Å². The Bertz CT molecular complexity index is 494. The summed E-state index contributed by atoms with van der Waals surface area (Å²) < 4.78 is 0. The van der Waals surface area contributed by atoms with Crippen molar-refractivity contribution in [1.29, 1.82) is 0 Å². The molecule has 8 nitrogen and oxygen atoms in total. The smallest absolute Gasteiger partial charge is 0.277 e.